The summed E-state index contributed by atoms with van der Waals surface area (Å²) in [5.74, 6) is 0. The first-order chi connectivity index (χ1) is 6.22. The number of aromatic nitrogens is 1. The quantitative estimate of drug-likeness (QED) is 0.709. The molecule has 1 aromatic rings. The van der Waals surface area contributed by atoms with Crippen LogP contribution >= 0.6 is 0 Å². The Labute approximate surface area is 77.2 Å². The average Bonchev–Trinajstić information content (AvgIpc) is 2.54. The number of nitrogens with one attached hydrogen (secondary N) is 1. The third kappa shape index (κ3) is 1.44. The molecular formula is C10H13FN2. The maximum Gasteiger partial charge on any atom is 0.151 e. The highest BCUT2D eigenvalue weighted by Gasteiger charge is 2.36. The molecule has 0 spiro atoms. The van der Waals surface area contributed by atoms with Gasteiger partial charge in [0.05, 0.1) is 0 Å². The Morgan fingerprint density at radius 2 is 2.46 bits per heavy atom. The van der Waals surface area contributed by atoms with Gasteiger partial charge in [-0.15, -0.1) is 0 Å². The molecule has 2 rings (SSSR count). The summed E-state index contributed by atoms with van der Waals surface area (Å²) in [6.07, 6.45) is 3.90. The second kappa shape index (κ2) is 3.07. The van der Waals surface area contributed by atoms with E-state index in [-0.39, 0.29) is 0 Å². The minimum Gasteiger partial charge on any atom is -0.313 e. The van der Waals surface area contributed by atoms with Gasteiger partial charge in [-0.05, 0) is 31.5 Å². The summed E-state index contributed by atoms with van der Waals surface area (Å²) in [4.78, 5) is 3.97. The van der Waals surface area contributed by atoms with Gasteiger partial charge in [-0.3, -0.25) is 4.98 Å². The molecule has 13 heavy (non-hydrogen) atoms. The van der Waals surface area contributed by atoms with E-state index >= 15 is 0 Å². The molecule has 0 radical (unpaired) electrons. The monoisotopic (exact) mass is 180 g/mol. The fourth-order valence-corrected chi connectivity index (χ4v) is 1.82. The molecule has 0 aromatic carbocycles. The van der Waals surface area contributed by atoms with E-state index in [0.29, 0.717) is 13.0 Å². The van der Waals surface area contributed by atoms with Gasteiger partial charge in [-0.2, -0.15) is 0 Å². The predicted molar refractivity (Wildman–Crippen MR) is 49.2 cm³/mol. The van der Waals surface area contributed by atoms with Gasteiger partial charge >= 0.3 is 0 Å². The SMILES string of the molecule is Cc1ccncc1C1(F)CCNC1. The van der Waals surface area contributed by atoms with Crippen LogP contribution in [0.25, 0.3) is 0 Å². The van der Waals surface area contributed by atoms with Crippen LogP contribution in [0, 0.1) is 6.92 Å². The number of rotatable bonds is 1. The lowest BCUT2D eigenvalue weighted by atomic mass is 9.93. The van der Waals surface area contributed by atoms with E-state index in [9.17, 15) is 4.39 Å². The van der Waals surface area contributed by atoms with Gasteiger partial charge in [-0.25, -0.2) is 4.39 Å². The van der Waals surface area contributed by atoms with Crippen LogP contribution < -0.4 is 5.32 Å². The number of hydrogen-bond acceptors (Lipinski definition) is 2. The maximum atomic E-state index is 14.2. The number of aryl methyl sites for hydroxylation is 1. The van der Waals surface area contributed by atoms with Crippen LogP contribution in [0.4, 0.5) is 4.39 Å². The number of halogens is 1. The summed E-state index contributed by atoms with van der Waals surface area (Å²) in [5.41, 5.74) is 0.527. The number of pyridine rings is 1. The normalized spacial score (nSPS) is 27.8. The first-order valence-corrected chi connectivity index (χ1v) is 4.53. The fraction of sp³-hybridized carbons (Fsp3) is 0.500. The predicted octanol–water partition coefficient (Wildman–Crippen LogP) is 1.55. The second-order valence-electron chi connectivity index (χ2n) is 3.58. The Bertz CT molecular complexity index is 306. The van der Waals surface area contributed by atoms with Crippen LogP contribution in [-0.4, -0.2) is 18.1 Å². The molecule has 0 bridgehead atoms. The molecule has 1 aliphatic rings. The zero-order chi connectivity index (χ0) is 9.31. The van der Waals surface area contributed by atoms with Crippen molar-refractivity contribution in [3.63, 3.8) is 0 Å². The van der Waals surface area contributed by atoms with Crippen molar-refractivity contribution in [2.45, 2.75) is 19.0 Å². The van der Waals surface area contributed by atoms with E-state index < -0.39 is 5.67 Å². The molecule has 1 fully saturated rings. The highest BCUT2D eigenvalue weighted by atomic mass is 19.1. The minimum atomic E-state index is -1.20. The van der Waals surface area contributed by atoms with E-state index in [0.717, 1.165) is 17.7 Å². The van der Waals surface area contributed by atoms with Crippen LogP contribution in [-0.2, 0) is 5.67 Å². The number of hydrogen-bond donors (Lipinski definition) is 1. The van der Waals surface area contributed by atoms with Gasteiger partial charge in [0.1, 0.15) is 0 Å². The van der Waals surface area contributed by atoms with Crippen LogP contribution in [0.2, 0.25) is 0 Å². The highest BCUT2D eigenvalue weighted by Crippen LogP contribution is 2.33. The first kappa shape index (κ1) is 8.63. The van der Waals surface area contributed by atoms with E-state index in [4.69, 9.17) is 0 Å². The lowest BCUT2D eigenvalue weighted by Gasteiger charge is -2.19. The first-order valence-electron chi connectivity index (χ1n) is 4.53. The van der Waals surface area contributed by atoms with E-state index in [1.54, 1.807) is 12.4 Å². The minimum absolute atomic E-state index is 0.416. The van der Waals surface area contributed by atoms with Crippen molar-refractivity contribution in [1.82, 2.24) is 10.3 Å². The fourth-order valence-electron chi connectivity index (χ4n) is 1.82. The molecular weight excluding hydrogens is 167 g/mol. The summed E-state index contributed by atoms with van der Waals surface area (Å²) < 4.78 is 14.2. The van der Waals surface area contributed by atoms with E-state index in [2.05, 4.69) is 10.3 Å². The third-order valence-corrected chi connectivity index (χ3v) is 2.63. The van der Waals surface area contributed by atoms with Crippen molar-refractivity contribution in [2.24, 2.45) is 0 Å². The number of nitrogens with zero attached hydrogens (tertiary/aromatic N) is 1. The lowest BCUT2D eigenvalue weighted by molar-refractivity contribution is 0.192. The molecule has 2 heterocycles. The molecule has 1 aliphatic heterocycles. The summed E-state index contributed by atoms with van der Waals surface area (Å²) in [7, 11) is 0. The highest BCUT2D eigenvalue weighted by molar-refractivity contribution is 5.29. The molecule has 70 valence electrons. The van der Waals surface area contributed by atoms with Crippen LogP contribution in [0.3, 0.4) is 0 Å². The van der Waals surface area contributed by atoms with Gasteiger partial charge < -0.3 is 5.32 Å². The Morgan fingerprint density at radius 3 is 3.08 bits per heavy atom. The Hall–Kier alpha value is -0.960. The van der Waals surface area contributed by atoms with Gasteiger partial charge in [-0.1, -0.05) is 0 Å². The Kier molecular flexibility index (Phi) is 2.04. The second-order valence-corrected chi connectivity index (χ2v) is 3.58. The van der Waals surface area contributed by atoms with Crippen molar-refractivity contribution in [3.05, 3.63) is 29.6 Å². The van der Waals surface area contributed by atoms with Crippen molar-refractivity contribution in [3.8, 4) is 0 Å². The standard InChI is InChI=1S/C10H13FN2/c1-8-2-4-12-6-9(8)10(11)3-5-13-7-10/h2,4,6,13H,3,5,7H2,1H3. The summed E-state index contributed by atoms with van der Waals surface area (Å²) >= 11 is 0. The van der Waals surface area contributed by atoms with Gasteiger partial charge in [0.25, 0.3) is 0 Å². The van der Waals surface area contributed by atoms with Crippen LogP contribution in [0.5, 0.6) is 0 Å². The molecule has 1 atom stereocenters. The number of alkyl halides is 1. The van der Waals surface area contributed by atoms with Crippen molar-refractivity contribution in [1.29, 1.82) is 0 Å². The molecule has 1 N–H and O–H groups in total. The summed E-state index contributed by atoms with van der Waals surface area (Å²) in [5, 5.41) is 3.04. The van der Waals surface area contributed by atoms with E-state index in [1.807, 2.05) is 13.0 Å². The maximum absolute atomic E-state index is 14.2. The Morgan fingerprint density at radius 1 is 1.62 bits per heavy atom. The molecule has 1 saturated heterocycles. The molecule has 0 saturated carbocycles. The molecule has 1 unspecified atom stereocenters. The molecule has 0 amide bonds. The lowest BCUT2D eigenvalue weighted by Crippen LogP contribution is -2.24. The van der Waals surface area contributed by atoms with Crippen molar-refractivity contribution >= 4 is 0 Å². The van der Waals surface area contributed by atoms with Crippen LogP contribution in [0.15, 0.2) is 18.5 Å². The van der Waals surface area contributed by atoms with Crippen molar-refractivity contribution < 1.29 is 4.39 Å². The molecule has 1 aromatic heterocycles. The molecule has 2 nitrogen and oxygen atoms in total. The zero-order valence-corrected chi connectivity index (χ0v) is 7.68. The van der Waals surface area contributed by atoms with Gasteiger partial charge in [0, 0.05) is 24.5 Å². The van der Waals surface area contributed by atoms with Crippen molar-refractivity contribution in [2.75, 3.05) is 13.1 Å². The molecule has 0 aliphatic carbocycles. The topological polar surface area (TPSA) is 24.9 Å². The van der Waals surface area contributed by atoms with E-state index in [1.165, 1.54) is 0 Å². The van der Waals surface area contributed by atoms with Crippen LogP contribution in [0.1, 0.15) is 17.5 Å². The molecule has 3 heteroatoms. The zero-order valence-electron chi connectivity index (χ0n) is 7.68. The van der Waals surface area contributed by atoms with Gasteiger partial charge in [0.2, 0.25) is 0 Å². The van der Waals surface area contributed by atoms with Gasteiger partial charge in [0.15, 0.2) is 5.67 Å². The summed E-state index contributed by atoms with van der Waals surface area (Å²) in [6, 6.07) is 1.86. The smallest absolute Gasteiger partial charge is 0.151 e. The third-order valence-electron chi connectivity index (χ3n) is 2.63. The largest absolute Gasteiger partial charge is 0.313 e. The Balaban J connectivity index is 2.39. The summed E-state index contributed by atoms with van der Waals surface area (Å²) in [6.45, 7) is 3.10. The average molecular weight is 180 g/mol.